The summed E-state index contributed by atoms with van der Waals surface area (Å²) in [7, 11) is 0. The van der Waals surface area contributed by atoms with Crippen LogP contribution in [0.5, 0.6) is 0 Å². The van der Waals surface area contributed by atoms with Crippen molar-refractivity contribution in [3.8, 4) is 0 Å². The molecule has 21 heavy (non-hydrogen) atoms. The standard InChI is InChI=1S/C16H20O5/c1-2-21-16(14(19)20)10-8-15(9-11-16,13(17)18)12-6-4-3-5-7-12/h3-7H,2,8-11H2,1H3,(H,17,18)(H,19,20). The Morgan fingerprint density at radius 3 is 2.05 bits per heavy atom. The van der Waals surface area contributed by atoms with Crippen molar-refractivity contribution in [2.45, 2.75) is 43.6 Å². The van der Waals surface area contributed by atoms with Crippen LogP contribution < -0.4 is 0 Å². The van der Waals surface area contributed by atoms with E-state index in [9.17, 15) is 19.8 Å². The minimum atomic E-state index is -1.25. The van der Waals surface area contributed by atoms with E-state index in [4.69, 9.17) is 4.74 Å². The fraction of sp³-hybridized carbons (Fsp3) is 0.500. The summed E-state index contributed by atoms with van der Waals surface area (Å²) in [5, 5.41) is 19.1. The quantitative estimate of drug-likeness (QED) is 0.870. The molecule has 0 heterocycles. The van der Waals surface area contributed by atoms with Crippen molar-refractivity contribution in [2.75, 3.05) is 6.61 Å². The minimum absolute atomic E-state index is 0.206. The monoisotopic (exact) mass is 292 g/mol. The Balaban J connectivity index is 2.30. The first-order chi connectivity index (χ1) is 9.97. The minimum Gasteiger partial charge on any atom is -0.481 e. The summed E-state index contributed by atoms with van der Waals surface area (Å²) in [5.41, 5.74) is -1.53. The number of aliphatic carboxylic acids is 2. The molecule has 2 rings (SSSR count). The van der Waals surface area contributed by atoms with Gasteiger partial charge in [0.25, 0.3) is 0 Å². The molecule has 1 saturated carbocycles. The van der Waals surface area contributed by atoms with Crippen LogP contribution in [0, 0.1) is 0 Å². The zero-order valence-corrected chi connectivity index (χ0v) is 12.0. The van der Waals surface area contributed by atoms with Crippen LogP contribution >= 0.6 is 0 Å². The lowest BCUT2D eigenvalue weighted by atomic mass is 9.65. The van der Waals surface area contributed by atoms with Crippen molar-refractivity contribution in [3.05, 3.63) is 35.9 Å². The molecule has 0 atom stereocenters. The number of carbonyl (C=O) groups is 2. The first-order valence-electron chi connectivity index (χ1n) is 7.13. The predicted molar refractivity (Wildman–Crippen MR) is 76.2 cm³/mol. The van der Waals surface area contributed by atoms with Crippen LogP contribution in [0.3, 0.4) is 0 Å². The maximum atomic E-state index is 11.8. The van der Waals surface area contributed by atoms with E-state index in [2.05, 4.69) is 0 Å². The highest BCUT2D eigenvalue weighted by Gasteiger charge is 2.52. The van der Waals surface area contributed by atoms with Crippen LogP contribution in [0.1, 0.15) is 38.2 Å². The van der Waals surface area contributed by atoms with Gasteiger partial charge in [0.15, 0.2) is 5.60 Å². The molecule has 1 fully saturated rings. The summed E-state index contributed by atoms with van der Waals surface area (Å²) in [4.78, 5) is 23.3. The van der Waals surface area contributed by atoms with Gasteiger partial charge >= 0.3 is 11.9 Å². The second kappa shape index (κ2) is 5.85. The predicted octanol–water partition coefficient (Wildman–Crippen LogP) is 2.44. The second-order valence-corrected chi connectivity index (χ2v) is 5.49. The Hall–Kier alpha value is -1.88. The van der Waals surface area contributed by atoms with Crippen LogP contribution in [0.15, 0.2) is 30.3 Å². The largest absolute Gasteiger partial charge is 0.481 e. The van der Waals surface area contributed by atoms with E-state index in [1.54, 1.807) is 19.1 Å². The van der Waals surface area contributed by atoms with Gasteiger partial charge in [-0.05, 0) is 38.2 Å². The summed E-state index contributed by atoms with van der Waals surface area (Å²) in [6, 6.07) is 9.04. The van der Waals surface area contributed by atoms with Crippen LogP contribution in [0.25, 0.3) is 0 Å². The van der Waals surface area contributed by atoms with Gasteiger partial charge in [-0.2, -0.15) is 0 Å². The molecule has 2 N–H and O–H groups in total. The fourth-order valence-corrected chi connectivity index (χ4v) is 3.16. The number of hydrogen-bond donors (Lipinski definition) is 2. The molecule has 0 unspecified atom stereocenters. The molecular weight excluding hydrogens is 272 g/mol. The van der Waals surface area contributed by atoms with E-state index in [1.165, 1.54) is 0 Å². The highest BCUT2D eigenvalue weighted by molar-refractivity contribution is 5.83. The van der Waals surface area contributed by atoms with Crippen molar-refractivity contribution in [2.24, 2.45) is 0 Å². The second-order valence-electron chi connectivity index (χ2n) is 5.49. The van der Waals surface area contributed by atoms with Gasteiger partial charge in [0, 0.05) is 6.61 Å². The average Bonchev–Trinajstić information content (AvgIpc) is 2.49. The molecule has 0 amide bonds. The Morgan fingerprint density at radius 2 is 1.62 bits per heavy atom. The Bertz CT molecular complexity index is 515. The smallest absolute Gasteiger partial charge is 0.335 e. The summed E-state index contributed by atoms with van der Waals surface area (Å²) >= 11 is 0. The van der Waals surface area contributed by atoms with Gasteiger partial charge in [0.1, 0.15) is 0 Å². The van der Waals surface area contributed by atoms with Gasteiger partial charge < -0.3 is 14.9 Å². The van der Waals surface area contributed by atoms with Crippen LogP contribution in [-0.2, 0) is 19.7 Å². The number of rotatable bonds is 5. The van der Waals surface area contributed by atoms with Crippen molar-refractivity contribution in [3.63, 3.8) is 0 Å². The molecule has 1 aliphatic rings. The molecule has 0 aromatic heterocycles. The third-order valence-electron chi connectivity index (χ3n) is 4.46. The molecule has 0 saturated heterocycles. The molecule has 5 heteroatoms. The van der Waals surface area contributed by atoms with Gasteiger partial charge in [0.05, 0.1) is 5.41 Å². The van der Waals surface area contributed by atoms with Crippen LogP contribution in [0.2, 0.25) is 0 Å². The molecule has 0 radical (unpaired) electrons. The molecule has 5 nitrogen and oxygen atoms in total. The SMILES string of the molecule is CCOC1(C(=O)O)CCC(C(=O)O)(c2ccccc2)CC1. The normalized spacial score (nSPS) is 29.0. The lowest BCUT2D eigenvalue weighted by Crippen LogP contribution is -2.51. The number of carboxylic acids is 2. The highest BCUT2D eigenvalue weighted by Crippen LogP contribution is 2.45. The fourth-order valence-electron chi connectivity index (χ4n) is 3.16. The third kappa shape index (κ3) is 2.65. The van der Waals surface area contributed by atoms with Crippen LogP contribution in [0.4, 0.5) is 0 Å². The van der Waals surface area contributed by atoms with E-state index in [0.717, 1.165) is 5.56 Å². The summed E-state index contributed by atoms with van der Waals surface area (Å²) < 4.78 is 5.45. The zero-order chi connectivity index (χ0) is 15.5. The van der Waals surface area contributed by atoms with Gasteiger partial charge in [-0.25, -0.2) is 4.79 Å². The molecule has 114 valence electrons. The molecule has 1 aromatic rings. The summed E-state index contributed by atoms with van der Waals surface area (Å²) in [6.07, 6.45) is 0.937. The summed E-state index contributed by atoms with van der Waals surface area (Å²) in [6.45, 7) is 2.05. The first-order valence-corrected chi connectivity index (χ1v) is 7.13. The van der Waals surface area contributed by atoms with Gasteiger partial charge in [0.2, 0.25) is 0 Å². The van der Waals surface area contributed by atoms with Crippen molar-refractivity contribution in [1.82, 2.24) is 0 Å². The maximum Gasteiger partial charge on any atom is 0.335 e. The molecule has 1 aromatic carbocycles. The maximum absolute atomic E-state index is 11.8. The van der Waals surface area contributed by atoms with E-state index >= 15 is 0 Å². The average molecular weight is 292 g/mol. The molecule has 1 aliphatic carbocycles. The number of carboxylic acid groups (broad SMARTS) is 2. The van der Waals surface area contributed by atoms with Gasteiger partial charge in [-0.15, -0.1) is 0 Å². The third-order valence-corrected chi connectivity index (χ3v) is 4.46. The number of hydrogen-bond acceptors (Lipinski definition) is 3. The lowest BCUT2D eigenvalue weighted by molar-refractivity contribution is -0.175. The zero-order valence-electron chi connectivity index (χ0n) is 12.0. The molecular formula is C16H20O5. The van der Waals surface area contributed by atoms with E-state index < -0.39 is 23.0 Å². The van der Waals surface area contributed by atoms with E-state index in [0.29, 0.717) is 6.61 Å². The van der Waals surface area contributed by atoms with Crippen LogP contribution in [-0.4, -0.2) is 34.4 Å². The van der Waals surface area contributed by atoms with Crippen molar-refractivity contribution < 1.29 is 24.5 Å². The van der Waals surface area contributed by atoms with Gasteiger partial charge in [-0.1, -0.05) is 30.3 Å². The Kier molecular flexibility index (Phi) is 4.32. The molecule has 0 bridgehead atoms. The number of benzene rings is 1. The van der Waals surface area contributed by atoms with Crippen molar-refractivity contribution >= 4 is 11.9 Å². The van der Waals surface area contributed by atoms with Gasteiger partial charge in [-0.3, -0.25) is 4.79 Å². The first kappa shape index (κ1) is 15.5. The highest BCUT2D eigenvalue weighted by atomic mass is 16.5. The number of ether oxygens (including phenoxy) is 1. The molecule has 0 spiro atoms. The van der Waals surface area contributed by atoms with E-state index in [-0.39, 0.29) is 25.7 Å². The topological polar surface area (TPSA) is 83.8 Å². The lowest BCUT2D eigenvalue weighted by Gasteiger charge is -2.42. The van der Waals surface area contributed by atoms with Crippen molar-refractivity contribution in [1.29, 1.82) is 0 Å². The molecule has 0 aliphatic heterocycles. The summed E-state index contributed by atoms with van der Waals surface area (Å²) in [5.74, 6) is -1.90. The Labute approximate surface area is 123 Å². The van der Waals surface area contributed by atoms with E-state index in [1.807, 2.05) is 18.2 Å². The Morgan fingerprint density at radius 1 is 1.05 bits per heavy atom.